The third-order valence-electron chi connectivity index (χ3n) is 7.80. The van der Waals surface area contributed by atoms with Crippen molar-refractivity contribution in [2.45, 2.75) is 38.9 Å². The molecule has 5 aromatic rings. The highest BCUT2D eigenvalue weighted by atomic mass is 19.4. The summed E-state index contributed by atoms with van der Waals surface area (Å²) < 4.78 is 41.3. The quantitative estimate of drug-likeness (QED) is 0.162. The van der Waals surface area contributed by atoms with Crippen LogP contribution in [0.5, 0.6) is 0 Å². The average Bonchev–Trinajstić information content (AvgIpc) is 3.58. The van der Waals surface area contributed by atoms with E-state index < -0.39 is 17.6 Å². The summed E-state index contributed by atoms with van der Waals surface area (Å²) in [6.07, 6.45) is 4.54. The Hall–Kier alpha value is -5.17. The van der Waals surface area contributed by atoms with Crippen molar-refractivity contribution in [2.75, 3.05) is 35.6 Å². The van der Waals surface area contributed by atoms with Gasteiger partial charge in [0, 0.05) is 42.4 Å². The Balaban J connectivity index is 1.21. The van der Waals surface area contributed by atoms with Crippen molar-refractivity contribution in [1.82, 2.24) is 29.8 Å². The van der Waals surface area contributed by atoms with Gasteiger partial charge < -0.3 is 20.9 Å². The highest BCUT2D eigenvalue weighted by Crippen LogP contribution is 2.33. The first-order valence-corrected chi connectivity index (χ1v) is 14.9. The molecule has 46 heavy (non-hydrogen) atoms. The monoisotopic (exact) mass is 627 g/mol. The molecule has 1 fully saturated rings. The molecule has 2 aromatic carbocycles. The maximum Gasteiger partial charge on any atom is 0.416 e. The fourth-order valence-electron chi connectivity index (χ4n) is 5.31. The Bertz CT molecular complexity index is 1840. The average molecular weight is 628 g/mol. The highest BCUT2D eigenvalue weighted by Gasteiger charge is 2.31. The number of hydrogen-bond acceptors (Lipinski definition) is 9. The second kappa shape index (κ2) is 13.4. The smallest absolute Gasteiger partial charge is 0.350 e. The number of nitrogens with one attached hydrogen (secondary N) is 3. The van der Waals surface area contributed by atoms with E-state index in [4.69, 9.17) is 0 Å². The van der Waals surface area contributed by atoms with Gasteiger partial charge >= 0.3 is 6.18 Å². The predicted octanol–water partition coefficient (Wildman–Crippen LogP) is 6.39. The highest BCUT2D eigenvalue weighted by molar-refractivity contribution is 6.05. The summed E-state index contributed by atoms with van der Waals surface area (Å²) in [6.45, 7) is 4.91. The normalized spacial score (nSPS) is 13.6. The van der Waals surface area contributed by atoms with Crippen LogP contribution in [0.1, 0.15) is 45.5 Å². The van der Waals surface area contributed by atoms with E-state index in [9.17, 15) is 18.0 Å². The molecule has 3 N–H and O–H groups in total. The van der Waals surface area contributed by atoms with Gasteiger partial charge in [-0.2, -0.15) is 13.2 Å². The van der Waals surface area contributed by atoms with Crippen molar-refractivity contribution in [3.05, 3.63) is 101 Å². The van der Waals surface area contributed by atoms with Gasteiger partial charge in [-0.1, -0.05) is 12.1 Å². The first kappa shape index (κ1) is 30.8. The number of anilines is 4. The zero-order valence-electron chi connectivity index (χ0n) is 25.1. The summed E-state index contributed by atoms with van der Waals surface area (Å²) in [5.41, 5.74) is 3.42. The molecule has 13 heteroatoms. The number of rotatable bonds is 10. The maximum atomic E-state index is 13.8. The van der Waals surface area contributed by atoms with Crippen molar-refractivity contribution < 1.29 is 18.0 Å². The number of amides is 1. The molecule has 6 rings (SSSR count). The number of benzene rings is 2. The van der Waals surface area contributed by atoms with Gasteiger partial charge in [0.15, 0.2) is 5.82 Å². The van der Waals surface area contributed by atoms with E-state index in [2.05, 4.69) is 45.8 Å². The molecule has 10 nitrogen and oxygen atoms in total. The third-order valence-corrected chi connectivity index (χ3v) is 7.80. The lowest BCUT2D eigenvalue weighted by Crippen LogP contribution is -2.22. The summed E-state index contributed by atoms with van der Waals surface area (Å²) in [5.74, 6) is 0.238. The largest absolute Gasteiger partial charge is 0.416 e. The van der Waals surface area contributed by atoms with Gasteiger partial charge in [0.2, 0.25) is 5.95 Å². The van der Waals surface area contributed by atoms with Crippen LogP contribution in [-0.4, -0.2) is 55.4 Å². The van der Waals surface area contributed by atoms with Gasteiger partial charge in [-0.15, -0.1) is 0 Å². The van der Waals surface area contributed by atoms with Gasteiger partial charge in [-0.25, -0.2) is 19.9 Å². The number of nitrogens with zero attached hydrogens (tertiary/aromatic N) is 6. The minimum absolute atomic E-state index is 0.0936. The van der Waals surface area contributed by atoms with E-state index in [1.54, 1.807) is 42.9 Å². The zero-order chi connectivity index (χ0) is 32.1. The molecule has 3 aromatic heterocycles. The van der Waals surface area contributed by atoms with Crippen LogP contribution in [0, 0.1) is 6.92 Å². The van der Waals surface area contributed by atoms with Crippen LogP contribution in [0.2, 0.25) is 0 Å². The Labute approximate surface area is 263 Å². The van der Waals surface area contributed by atoms with Gasteiger partial charge in [-0.05, 0) is 92.4 Å². The molecule has 1 saturated heterocycles. The van der Waals surface area contributed by atoms with Crippen molar-refractivity contribution in [3.63, 3.8) is 0 Å². The minimum atomic E-state index is -4.54. The summed E-state index contributed by atoms with van der Waals surface area (Å²) in [7, 11) is 0. The fraction of sp³-hybridized carbons (Fsp3) is 0.273. The van der Waals surface area contributed by atoms with Crippen molar-refractivity contribution in [1.29, 1.82) is 0 Å². The van der Waals surface area contributed by atoms with Crippen LogP contribution in [0.25, 0.3) is 11.0 Å². The molecule has 1 aliphatic rings. The Morgan fingerprint density at radius 3 is 2.61 bits per heavy atom. The number of carbonyl (C=O) groups excluding carboxylic acids is 1. The second-order valence-corrected chi connectivity index (χ2v) is 11.2. The number of pyridine rings is 1. The number of likely N-dealkylation sites (tertiary alicyclic amines) is 1. The topological polar surface area (TPSA) is 121 Å². The Kier molecular flexibility index (Phi) is 9.01. The zero-order valence-corrected chi connectivity index (χ0v) is 25.1. The van der Waals surface area contributed by atoms with Crippen LogP contribution in [0.4, 0.5) is 36.3 Å². The molecular formula is C33H32F3N9O. The van der Waals surface area contributed by atoms with Crippen molar-refractivity contribution >= 4 is 40.1 Å². The van der Waals surface area contributed by atoms with Crippen LogP contribution < -0.4 is 16.0 Å². The summed E-state index contributed by atoms with van der Waals surface area (Å²) in [6, 6.07) is 12.5. The maximum absolute atomic E-state index is 13.8. The molecular weight excluding hydrogens is 595 g/mol. The lowest BCUT2D eigenvalue weighted by molar-refractivity contribution is -0.137. The Morgan fingerprint density at radius 1 is 0.978 bits per heavy atom. The molecule has 236 valence electrons. The van der Waals surface area contributed by atoms with Gasteiger partial charge in [-0.3, -0.25) is 9.78 Å². The first-order chi connectivity index (χ1) is 22.2. The van der Waals surface area contributed by atoms with E-state index in [1.807, 2.05) is 19.1 Å². The molecule has 4 heterocycles. The number of halogens is 3. The van der Waals surface area contributed by atoms with Crippen molar-refractivity contribution in [2.24, 2.45) is 0 Å². The number of aryl methyl sites for hydroxylation is 1. The van der Waals surface area contributed by atoms with Gasteiger partial charge in [0.1, 0.15) is 17.4 Å². The predicted molar refractivity (Wildman–Crippen MR) is 170 cm³/mol. The molecule has 0 radical (unpaired) electrons. The number of carbonyl (C=O) groups is 1. The molecule has 1 aliphatic heterocycles. The summed E-state index contributed by atoms with van der Waals surface area (Å²) >= 11 is 0. The number of aromatic nitrogens is 5. The van der Waals surface area contributed by atoms with E-state index in [1.165, 1.54) is 6.33 Å². The SMILES string of the molecule is Cc1ccc(C(=O)Nc2cc(CCN3CCCC3)cc(C(F)(F)F)c2)cc1Nc1ncnc2cnc(NCc3cccnc3)nc12. The number of alkyl halides is 3. The van der Waals surface area contributed by atoms with E-state index >= 15 is 0 Å². The van der Waals surface area contributed by atoms with E-state index in [0.29, 0.717) is 53.6 Å². The van der Waals surface area contributed by atoms with Crippen LogP contribution in [0.3, 0.4) is 0 Å². The standard InChI is InChI=1S/C33H32F3N9O/c1-21-6-7-24(31(46)42-26-14-22(8-12-45-10-2-3-11-45)13-25(16-26)33(34,35)36)15-27(21)43-30-29-28(40-20-41-30)19-39-32(44-29)38-18-23-5-4-9-37-17-23/h4-7,9,13-17,19-20H,2-3,8,10-12,18H2,1H3,(H,42,46)(H,38,39,44)(H,40,41,43). The fourth-order valence-corrected chi connectivity index (χ4v) is 5.31. The second-order valence-electron chi connectivity index (χ2n) is 11.2. The molecule has 0 unspecified atom stereocenters. The molecule has 0 atom stereocenters. The van der Waals surface area contributed by atoms with E-state index in [0.717, 1.165) is 49.2 Å². The van der Waals surface area contributed by atoms with Crippen molar-refractivity contribution in [3.8, 4) is 0 Å². The van der Waals surface area contributed by atoms with Gasteiger partial charge in [0.05, 0.1) is 11.8 Å². The van der Waals surface area contributed by atoms with Gasteiger partial charge in [0.25, 0.3) is 5.91 Å². The first-order valence-electron chi connectivity index (χ1n) is 14.9. The van der Waals surface area contributed by atoms with Crippen LogP contribution in [0.15, 0.2) is 73.4 Å². The number of fused-ring (bicyclic) bond motifs is 1. The van der Waals surface area contributed by atoms with Crippen LogP contribution >= 0.6 is 0 Å². The molecule has 0 bridgehead atoms. The minimum Gasteiger partial charge on any atom is -0.350 e. The summed E-state index contributed by atoms with van der Waals surface area (Å²) in [4.78, 5) is 37.3. The Morgan fingerprint density at radius 2 is 1.83 bits per heavy atom. The summed E-state index contributed by atoms with van der Waals surface area (Å²) in [5, 5.41) is 9.09. The van der Waals surface area contributed by atoms with E-state index in [-0.39, 0.29) is 11.3 Å². The molecule has 0 saturated carbocycles. The van der Waals surface area contributed by atoms with Crippen LogP contribution in [-0.2, 0) is 19.1 Å². The molecule has 0 aliphatic carbocycles. The third kappa shape index (κ3) is 7.54. The lowest BCUT2D eigenvalue weighted by Gasteiger charge is -2.17. The molecule has 0 spiro atoms. The lowest BCUT2D eigenvalue weighted by atomic mass is 10.0. The molecule has 1 amide bonds. The number of hydrogen-bond donors (Lipinski definition) is 3.